The molecule has 1 N–H and O–H groups in total. The summed E-state index contributed by atoms with van der Waals surface area (Å²) in [7, 11) is 0. The van der Waals surface area contributed by atoms with Gasteiger partial charge in [0.25, 0.3) is 5.91 Å². The molecular formula is C23H25ClN4O2. The number of hydrogen-bond acceptors (Lipinski definition) is 4. The highest BCUT2D eigenvalue weighted by molar-refractivity contribution is 6.32. The van der Waals surface area contributed by atoms with Crippen LogP contribution in [0, 0.1) is 6.92 Å². The van der Waals surface area contributed by atoms with Gasteiger partial charge in [0, 0.05) is 44.5 Å². The molecule has 4 rings (SSSR count). The number of amides is 1. The van der Waals surface area contributed by atoms with Gasteiger partial charge in [-0.15, -0.1) is 0 Å². The normalized spacial score (nSPS) is 14.8. The second-order valence-corrected chi connectivity index (χ2v) is 7.92. The van der Waals surface area contributed by atoms with E-state index in [2.05, 4.69) is 4.90 Å². The number of hydrogen-bond donors (Lipinski definition) is 1. The predicted octanol–water partition coefficient (Wildman–Crippen LogP) is 3.25. The summed E-state index contributed by atoms with van der Waals surface area (Å²) in [4.78, 5) is 17.5. The number of aryl methyl sites for hydroxylation is 1. The quantitative estimate of drug-likeness (QED) is 0.683. The van der Waals surface area contributed by atoms with Gasteiger partial charge in [0.1, 0.15) is 5.69 Å². The molecule has 1 aromatic heterocycles. The summed E-state index contributed by atoms with van der Waals surface area (Å²) in [5.41, 5.74) is 4.00. The molecule has 0 saturated carbocycles. The second kappa shape index (κ2) is 9.00. The molecule has 0 unspecified atom stereocenters. The first-order chi connectivity index (χ1) is 14.6. The largest absolute Gasteiger partial charge is 0.395 e. The number of piperazine rings is 1. The minimum absolute atomic E-state index is 0.0347. The maximum Gasteiger partial charge on any atom is 0.257 e. The first-order valence-electron chi connectivity index (χ1n) is 10.1. The van der Waals surface area contributed by atoms with Gasteiger partial charge in [-0.1, -0.05) is 53.6 Å². The van der Waals surface area contributed by atoms with E-state index in [0.29, 0.717) is 35.9 Å². The van der Waals surface area contributed by atoms with E-state index in [9.17, 15) is 4.79 Å². The van der Waals surface area contributed by atoms with Gasteiger partial charge in [-0.05, 0) is 19.1 Å². The van der Waals surface area contributed by atoms with Crippen LogP contribution in [0.4, 0.5) is 0 Å². The van der Waals surface area contributed by atoms with Crippen molar-refractivity contribution in [3.05, 3.63) is 70.9 Å². The lowest BCUT2D eigenvalue weighted by Crippen LogP contribution is -2.49. The van der Waals surface area contributed by atoms with Crippen molar-refractivity contribution in [3.63, 3.8) is 0 Å². The van der Waals surface area contributed by atoms with Gasteiger partial charge in [0.2, 0.25) is 0 Å². The fourth-order valence-electron chi connectivity index (χ4n) is 3.70. The molecule has 0 radical (unpaired) electrons. The van der Waals surface area contributed by atoms with Gasteiger partial charge in [0.15, 0.2) is 0 Å². The van der Waals surface area contributed by atoms with E-state index in [-0.39, 0.29) is 12.5 Å². The Labute approximate surface area is 181 Å². The predicted molar refractivity (Wildman–Crippen MR) is 118 cm³/mol. The summed E-state index contributed by atoms with van der Waals surface area (Å²) < 4.78 is 1.69. The number of aliphatic hydroxyl groups excluding tert-OH is 1. The molecule has 1 amide bonds. The van der Waals surface area contributed by atoms with Gasteiger partial charge >= 0.3 is 0 Å². The molecule has 1 fully saturated rings. The maximum absolute atomic E-state index is 13.4. The number of aromatic nitrogens is 2. The van der Waals surface area contributed by atoms with E-state index in [1.165, 1.54) is 0 Å². The molecule has 0 atom stereocenters. The van der Waals surface area contributed by atoms with Crippen molar-refractivity contribution < 1.29 is 9.90 Å². The molecule has 3 aromatic rings. The number of rotatable bonds is 5. The fraction of sp³-hybridized carbons (Fsp3) is 0.304. The summed E-state index contributed by atoms with van der Waals surface area (Å²) in [6.07, 6.45) is 1.78. The average Bonchev–Trinajstić information content (AvgIpc) is 3.20. The highest BCUT2D eigenvalue weighted by Crippen LogP contribution is 2.28. The first kappa shape index (κ1) is 20.6. The van der Waals surface area contributed by atoms with E-state index in [0.717, 1.165) is 29.9 Å². The lowest BCUT2D eigenvalue weighted by molar-refractivity contribution is 0.0615. The number of carbonyl (C=O) groups is 1. The molecule has 1 saturated heterocycles. The molecule has 0 bridgehead atoms. The van der Waals surface area contributed by atoms with E-state index in [1.807, 2.05) is 60.4 Å². The Morgan fingerprint density at radius 1 is 1.07 bits per heavy atom. The van der Waals surface area contributed by atoms with Gasteiger partial charge in [-0.2, -0.15) is 5.10 Å². The molecule has 2 aromatic carbocycles. The number of halogens is 1. The summed E-state index contributed by atoms with van der Waals surface area (Å²) >= 11 is 6.38. The van der Waals surface area contributed by atoms with Gasteiger partial charge in [-0.25, -0.2) is 4.68 Å². The Balaban J connectivity index is 1.69. The maximum atomic E-state index is 13.4. The third-order valence-corrected chi connectivity index (χ3v) is 5.76. The van der Waals surface area contributed by atoms with Crippen LogP contribution in [0.1, 0.15) is 15.9 Å². The van der Waals surface area contributed by atoms with Gasteiger partial charge < -0.3 is 10.0 Å². The fourth-order valence-corrected chi connectivity index (χ4v) is 3.92. The average molecular weight is 425 g/mol. The van der Waals surface area contributed by atoms with Crippen LogP contribution in [0.15, 0.2) is 54.7 Å². The van der Waals surface area contributed by atoms with Crippen LogP contribution in [0.2, 0.25) is 5.02 Å². The van der Waals surface area contributed by atoms with Crippen molar-refractivity contribution in [2.75, 3.05) is 39.3 Å². The zero-order valence-corrected chi connectivity index (χ0v) is 17.7. The molecule has 0 spiro atoms. The topological polar surface area (TPSA) is 61.6 Å². The molecule has 1 aliphatic heterocycles. The Morgan fingerprint density at radius 2 is 1.77 bits per heavy atom. The van der Waals surface area contributed by atoms with Crippen LogP contribution in [0.3, 0.4) is 0 Å². The van der Waals surface area contributed by atoms with Crippen LogP contribution in [0.5, 0.6) is 0 Å². The smallest absolute Gasteiger partial charge is 0.257 e. The Hall–Kier alpha value is -2.67. The Kier molecular flexibility index (Phi) is 6.18. The molecule has 7 heteroatoms. The molecule has 2 heterocycles. The molecule has 6 nitrogen and oxygen atoms in total. The van der Waals surface area contributed by atoms with Crippen LogP contribution in [0.25, 0.3) is 16.9 Å². The lowest BCUT2D eigenvalue weighted by Gasteiger charge is -2.34. The summed E-state index contributed by atoms with van der Waals surface area (Å²) in [6.45, 7) is 5.57. The Morgan fingerprint density at radius 3 is 2.43 bits per heavy atom. The number of benzene rings is 2. The van der Waals surface area contributed by atoms with Crippen molar-refractivity contribution in [1.29, 1.82) is 0 Å². The van der Waals surface area contributed by atoms with Crippen molar-refractivity contribution in [2.45, 2.75) is 6.92 Å². The monoisotopic (exact) mass is 424 g/mol. The SMILES string of the molecule is Cc1ccc(-c2nn(-c3ccccc3Cl)cc2C(=O)N2CCN(CCO)CC2)cc1. The van der Waals surface area contributed by atoms with Crippen molar-refractivity contribution in [1.82, 2.24) is 19.6 Å². The molecule has 30 heavy (non-hydrogen) atoms. The third-order valence-electron chi connectivity index (χ3n) is 5.44. The summed E-state index contributed by atoms with van der Waals surface area (Å²) in [6, 6.07) is 15.5. The van der Waals surface area contributed by atoms with Crippen molar-refractivity contribution in [3.8, 4) is 16.9 Å². The zero-order valence-electron chi connectivity index (χ0n) is 17.0. The third kappa shape index (κ3) is 4.26. The number of para-hydroxylation sites is 1. The van der Waals surface area contributed by atoms with Crippen LogP contribution in [-0.4, -0.2) is 69.9 Å². The zero-order chi connectivity index (χ0) is 21.1. The first-order valence-corrected chi connectivity index (χ1v) is 10.5. The lowest BCUT2D eigenvalue weighted by atomic mass is 10.1. The number of β-amino-alcohol motifs (C(OH)–C–C–N with tert-alkyl or cyclic N) is 1. The van der Waals surface area contributed by atoms with Crippen LogP contribution >= 0.6 is 11.6 Å². The highest BCUT2D eigenvalue weighted by Gasteiger charge is 2.26. The minimum Gasteiger partial charge on any atom is -0.395 e. The molecule has 1 aliphatic rings. The number of nitrogens with zero attached hydrogens (tertiary/aromatic N) is 4. The van der Waals surface area contributed by atoms with Crippen molar-refractivity contribution >= 4 is 17.5 Å². The van der Waals surface area contributed by atoms with E-state index < -0.39 is 0 Å². The van der Waals surface area contributed by atoms with Crippen LogP contribution < -0.4 is 0 Å². The summed E-state index contributed by atoms with van der Waals surface area (Å²) in [5, 5.41) is 14.5. The molecule has 0 aliphatic carbocycles. The second-order valence-electron chi connectivity index (χ2n) is 7.51. The minimum atomic E-state index is -0.0347. The highest BCUT2D eigenvalue weighted by atomic mass is 35.5. The van der Waals surface area contributed by atoms with Gasteiger partial charge in [-0.3, -0.25) is 9.69 Å². The standard InChI is InChI=1S/C23H25ClN4O2/c1-17-6-8-18(9-7-17)22-19(16-28(25-22)21-5-3-2-4-20(21)24)23(30)27-12-10-26(11-13-27)14-15-29/h2-9,16,29H,10-15H2,1H3. The number of aliphatic hydroxyl groups is 1. The van der Waals surface area contributed by atoms with E-state index in [4.69, 9.17) is 21.8 Å². The van der Waals surface area contributed by atoms with Crippen LogP contribution in [-0.2, 0) is 0 Å². The van der Waals surface area contributed by atoms with Gasteiger partial charge in [0.05, 0.1) is 22.9 Å². The van der Waals surface area contributed by atoms with E-state index >= 15 is 0 Å². The van der Waals surface area contributed by atoms with E-state index in [1.54, 1.807) is 10.9 Å². The van der Waals surface area contributed by atoms with Crippen molar-refractivity contribution in [2.24, 2.45) is 0 Å². The number of carbonyl (C=O) groups excluding carboxylic acids is 1. The molecular weight excluding hydrogens is 400 g/mol. The Bertz CT molecular complexity index is 1020. The molecule has 156 valence electrons. The summed E-state index contributed by atoms with van der Waals surface area (Å²) in [5.74, 6) is -0.0347.